The van der Waals surface area contributed by atoms with E-state index in [1.54, 1.807) is 0 Å². The zero-order chi connectivity index (χ0) is 13.9. The van der Waals surface area contributed by atoms with E-state index < -0.39 is 0 Å². The van der Waals surface area contributed by atoms with Crippen molar-refractivity contribution >= 4 is 16.8 Å². The number of hydrogen-bond acceptors (Lipinski definition) is 2. The van der Waals surface area contributed by atoms with Gasteiger partial charge in [-0.15, -0.1) is 0 Å². The lowest BCUT2D eigenvalue weighted by molar-refractivity contribution is 0.0664. The highest BCUT2D eigenvalue weighted by atomic mass is 16.2. The van der Waals surface area contributed by atoms with Crippen LogP contribution in [0.25, 0.3) is 10.9 Å². The Balaban J connectivity index is 1.91. The first-order valence-corrected chi connectivity index (χ1v) is 7.39. The fourth-order valence-electron chi connectivity index (χ4n) is 3.08. The molecule has 3 rings (SSSR count). The van der Waals surface area contributed by atoms with Crippen molar-refractivity contribution in [3.05, 3.63) is 36.0 Å². The number of para-hydroxylation sites is 1. The third-order valence-electron chi connectivity index (χ3n) is 4.13. The monoisotopic (exact) mass is 271 g/mol. The Kier molecular flexibility index (Phi) is 3.74. The van der Waals surface area contributed by atoms with Crippen LogP contribution >= 0.6 is 0 Å². The maximum absolute atomic E-state index is 12.9. The van der Waals surface area contributed by atoms with Crippen molar-refractivity contribution in [2.45, 2.75) is 25.8 Å². The Hall–Kier alpha value is -1.81. The van der Waals surface area contributed by atoms with Gasteiger partial charge in [0.2, 0.25) is 0 Å². The first-order chi connectivity index (χ1) is 9.81. The summed E-state index contributed by atoms with van der Waals surface area (Å²) in [4.78, 5) is 18.1. The molecule has 106 valence electrons. The van der Waals surface area contributed by atoms with Crippen molar-refractivity contribution in [2.75, 3.05) is 19.6 Å². The van der Waals surface area contributed by atoms with Crippen LogP contribution in [0.4, 0.5) is 0 Å². The second-order valence-corrected chi connectivity index (χ2v) is 5.34. The van der Waals surface area contributed by atoms with E-state index in [1.807, 2.05) is 35.4 Å². The highest BCUT2D eigenvalue weighted by Crippen LogP contribution is 2.21. The summed E-state index contributed by atoms with van der Waals surface area (Å²) in [6.45, 7) is 4.78. The smallest absolute Gasteiger partial charge is 0.256 e. The number of aromatic nitrogens is 1. The SMILES string of the molecule is CCN(C(=O)c1cccc2cc[nH]c12)C1CCCNC1. The number of nitrogens with one attached hydrogen (secondary N) is 2. The number of carbonyl (C=O) groups excluding carboxylic acids is 1. The van der Waals surface area contributed by atoms with Crippen molar-refractivity contribution in [3.8, 4) is 0 Å². The predicted octanol–water partition coefficient (Wildman–Crippen LogP) is 2.38. The van der Waals surface area contributed by atoms with E-state index in [0.29, 0.717) is 6.04 Å². The molecule has 1 unspecified atom stereocenters. The number of hydrogen-bond donors (Lipinski definition) is 2. The summed E-state index contributed by atoms with van der Waals surface area (Å²) < 4.78 is 0. The Morgan fingerprint density at radius 1 is 1.40 bits per heavy atom. The molecule has 1 aliphatic rings. The zero-order valence-electron chi connectivity index (χ0n) is 11.9. The van der Waals surface area contributed by atoms with Crippen molar-refractivity contribution < 1.29 is 4.79 Å². The number of aromatic amines is 1. The predicted molar refractivity (Wildman–Crippen MR) is 80.9 cm³/mol. The molecule has 0 spiro atoms. The first kappa shape index (κ1) is 13.2. The average molecular weight is 271 g/mol. The molecule has 2 N–H and O–H groups in total. The second-order valence-electron chi connectivity index (χ2n) is 5.34. The van der Waals surface area contributed by atoms with Gasteiger partial charge in [-0.05, 0) is 38.4 Å². The molecule has 2 aromatic rings. The Morgan fingerprint density at radius 2 is 2.30 bits per heavy atom. The number of fused-ring (bicyclic) bond motifs is 1. The lowest BCUT2D eigenvalue weighted by Crippen LogP contribution is -2.48. The highest BCUT2D eigenvalue weighted by molar-refractivity contribution is 6.05. The zero-order valence-corrected chi connectivity index (χ0v) is 11.9. The van der Waals surface area contributed by atoms with E-state index in [-0.39, 0.29) is 5.91 Å². The summed E-state index contributed by atoms with van der Waals surface area (Å²) in [5, 5.41) is 4.48. The van der Waals surface area contributed by atoms with Crippen LogP contribution in [0.15, 0.2) is 30.5 Å². The molecule has 4 nitrogen and oxygen atoms in total. The molecule has 1 aromatic carbocycles. The number of piperidine rings is 1. The summed E-state index contributed by atoms with van der Waals surface area (Å²) in [7, 11) is 0. The van der Waals surface area contributed by atoms with Crippen LogP contribution in [0.2, 0.25) is 0 Å². The minimum absolute atomic E-state index is 0.134. The highest BCUT2D eigenvalue weighted by Gasteiger charge is 2.25. The van der Waals surface area contributed by atoms with Crippen LogP contribution < -0.4 is 5.32 Å². The standard InChI is InChI=1S/C16H21N3O/c1-2-19(13-6-4-9-17-11-13)16(20)14-7-3-5-12-8-10-18-15(12)14/h3,5,7-8,10,13,17-18H,2,4,6,9,11H2,1H3. The molecule has 4 heteroatoms. The van der Waals surface area contributed by atoms with Gasteiger partial charge in [-0.2, -0.15) is 0 Å². The molecule has 1 saturated heterocycles. The number of H-pyrrole nitrogens is 1. The molecule has 1 aliphatic heterocycles. The van der Waals surface area contributed by atoms with E-state index in [1.165, 1.54) is 0 Å². The van der Waals surface area contributed by atoms with E-state index in [2.05, 4.69) is 17.2 Å². The van der Waals surface area contributed by atoms with Gasteiger partial charge >= 0.3 is 0 Å². The lowest BCUT2D eigenvalue weighted by atomic mass is 10.0. The average Bonchev–Trinajstić information content (AvgIpc) is 2.97. The molecule has 0 radical (unpaired) electrons. The third kappa shape index (κ3) is 2.31. The summed E-state index contributed by atoms with van der Waals surface area (Å²) in [5.74, 6) is 0.134. The molecule has 20 heavy (non-hydrogen) atoms. The van der Waals surface area contributed by atoms with E-state index in [9.17, 15) is 4.79 Å². The number of likely N-dealkylation sites (N-methyl/N-ethyl adjacent to an activating group) is 1. The van der Waals surface area contributed by atoms with Crippen molar-refractivity contribution in [2.24, 2.45) is 0 Å². The van der Waals surface area contributed by atoms with Crippen LogP contribution in [0.3, 0.4) is 0 Å². The van der Waals surface area contributed by atoms with E-state index in [4.69, 9.17) is 0 Å². The fraction of sp³-hybridized carbons (Fsp3) is 0.438. The maximum atomic E-state index is 12.9. The van der Waals surface area contributed by atoms with Gasteiger partial charge in [0, 0.05) is 30.7 Å². The molecule has 1 atom stereocenters. The van der Waals surface area contributed by atoms with Gasteiger partial charge in [0.15, 0.2) is 0 Å². The van der Waals surface area contributed by atoms with Gasteiger partial charge in [0.1, 0.15) is 0 Å². The van der Waals surface area contributed by atoms with Crippen LogP contribution in [-0.2, 0) is 0 Å². The Bertz CT molecular complexity index is 599. The van der Waals surface area contributed by atoms with Crippen LogP contribution in [-0.4, -0.2) is 41.5 Å². The summed E-state index contributed by atoms with van der Waals surface area (Å²) >= 11 is 0. The fourth-order valence-corrected chi connectivity index (χ4v) is 3.08. The van der Waals surface area contributed by atoms with Gasteiger partial charge < -0.3 is 15.2 Å². The van der Waals surface area contributed by atoms with Gasteiger partial charge in [0.05, 0.1) is 11.1 Å². The summed E-state index contributed by atoms with van der Waals surface area (Å²) in [6, 6.07) is 8.22. The molecule has 1 amide bonds. The topological polar surface area (TPSA) is 48.1 Å². The van der Waals surface area contributed by atoms with Gasteiger partial charge in [0.25, 0.3) is 5.91 Å². The third-order valence-corrected chi connectivity index (χ3v) is 4.13. The molecule has 0 aliphatic carbocycles. The van der Waals surface area contributed by atoms with Gasteiger partial charge in [-0.1, -0.05) is 12.1 Å². The first-order valence-electron chi connectivity index (χ1n) is 7.39. The largest absolute Gasteiger partial charge is 0.361 e. The van der Waals surface area contributed by atoms with Crippen molar-refractivity contribution in [1.29, 1.82) is 0 Å². The molecule has 0 saturated carbocycles. The Morgan fingerprint density at radius 3 is 3.05 bits per heavy atom. The lowest BCUT2D eigenvalue weighted by Gasteiger charge is -2.34. The van der Waals surface area contributed by atoms with Gasteiger partial charge in [-0.25, -0.2) is 0 Å². The summed E-state index contributed by atoms with van der Waals surface area (Å²) in [5.41, 5.74) is 1.72. The minimum Gasteiger partial charge on any atom is -0.361 e. The van der Waals surface area contributed by atoms with Gasteiger partial charge in [-0.3, -0.25) is 4.79 Å². The molecule has 2 heterocycles. The molecule has 0 bridgehead atoms. The molecule has 1 aromatic heterocycles. The summed E-state index contributed by atoms with van der Waals surface area (Å²) in [6.07, 6.45) is 4.12. The number of amides is 1. The number of rotatable bonds is 3. The normalized spacial score (nSPS) is 19.1. The van der Waals surface area contributed by atoms with E-state index in [0.717, 1.165) is 48.9 Å². The molecular weight excluding hydrogens is 250 g/mol. The van der Waals surface area contributed by atoms with Crippen LogP contribution in [0.5, 0.6) is 0 Å². The molecule has 1 fully saturated rings. The van der Waals surface area contributed by atoms with Crippen LogP contribution in [0, 0.1) is 0 Å². The number of nitrogens with zero attached hydrogens (tertiary/aromatic N) is 1. The Labute approximate surface area is 119 Å². The molecular formula is C16H21N3O. The quantitative estimate of drug-likeness (QED) is 0.900. The van der Waals surface area contributed by atoms with Crippen molar-refractivity contribution in [1.82, 2.24) is 15.2 Å². The van der Waals surface area contributed by atoms with Crippen LogP contribution in [0.1, 0.15) is 30.1 Å². The number of carbonyl (C=O) groups is 1. The second kappa shape index (κ2) is 5.67. The maximum Gasteiger partial charge on any atom is 0.256 e. The number of benzene rings is 1. The van der Waals surface area contributed by atoms with Crippen molar-refractivity contribution in [3.63, 3.8) is 0 Å². The minimum atomic E-state index is 0.134. The van der Waals surface area contributed by atoms with E-state index >= 15 is 0 Å².